The second kappa shape index (κ2) is 31.9. The normalized spacial score (nSPS) is 40.8. The molecule has 418 valence electrons. The number of aliphatic hydroxyl groups is 27. The highest BCUT2D eigenvalue weighted by Crippen LogP contribution is 2.30. The molecule has 0 bridgehead atoms. The Hall–Kier alpha value is -1.65. The molecule has 34 heteroatoms. The summed E-state index contributed by atoms with van der Waals surface area (Å²) in [6, 6.07) is 0. The minimum Gasteiger partial charge on any atom is -0.394 e. The molecule has 27 atom stereocenters. The van der Waals surface area contributed by atoms with E-state index in [1.165, 1.54) is 0 Å². The van der Waals surface area contributed by atoms with Crippen molar-refractivity contribution in [2.75, 3.05) is 52.9 Å². The molecule has 4 heterocycles. The predicted octanol–water partition coefficient (Wildman–Crippen LogP) is -17.8. The van der Waals surface area contributed by atoms with Crippen LogP contribution in [0.1, 0.15) is 0 Å². The second-order valence-electron chi connectivity index (χ2n) is 15.8. The first kappa shape index (κ1) is 66.4. The van der Waals surface area contributed by atoms with Gasteiger partial charge in [0.05, 0.1) is 46.2 Å². The largest absolute Gasteiger partial charge is 0.394 e. The molecule has 0 aromatic carbocycles. The van der Waals surface area contributed by atoms with Gasteiger partial charge in [-0.3, -0.25) is 4.79 Å². The summed E-state index contributed by atoms with van der Waals surface area (Å²) in [5, 5.41) is 248. The van der Waals surface area contributed by atoms with Crippen LogP contribution in [-0.4, -0.2) is 362 Å². The number of ketones is 1. The quantitative estimate of drug-likeness (QED) is 0.0606. The van der Waals surface area contributed by atoms with Crippen LogP contribution in [-0.2, 0) is 33.2 Å². The summed E-state index contributed by atoms with van der Waals surface area (Å²) < 4.78 is 30.5. The van der Waals surface area contributed by atoms with Gasteiger partial charge in [0, 0.05) is 0 Å². The van der Waals surface area contributed by atoms with Crippen molar-refractivity contribution in [2.45, 2.75) is 166 Å². The molecule has 0 spiro atoms. The number of ether oxygens (including phenoxy) is 6. The lowest BCUT2D eigenvalue weighted by Crippen LogP contribution is -2.64. The summed E-state index contributed by atoms with van der Waals surface area (Å²) in [7, 11) is 0. The number of Topliss-reactive ketones (excluding diaryl/α,β-unsaturated/α-hetero) is 1. The maximum atomic E-state index is 10.5. The number of carbonyl (C=O) groups is 1. The van der Waals surface area contributed by atoms with Crippen molar-refractivity contribution in [3.05, 3.63) is 0 Å². The van der Waals surface area contributed by atoms with Crippen LogP contribution in [0.2, 0.25) is 0 Å². The number of aliphatic hydroxyl groups excluding tert-OH is 27. The van der Waals surface area contributed by atoms with E-state index in [0.717, 1.165) is 0 Å². The van der Waals surface area contributed by atoms with Crippen molar-refractivity contribution in [3.63, 3.8) is 0 Å². The van der Waals surface area contributed by atoms with Crippen LogP contribution in [0.5, 0.6) is 0 Å². The lowest BCUT2D eigenvalue weighted by molar-refractivity contribution is -0.355. The molecule has 0 aromatic heterocycles. The smallest absolute Gasteiger partial charge is 0.189 e. The average Bonchev–Trinajstić information content (AvgIpc) is 3.37. The molecule has 4 aliphatic heterocycles. The fraction of sp³-hybridized carbons (Fsp3) is 0.972. The molecule has 4 rings (SSSR count). The van der Waals surface area contributed by atoms with E-state index in [2.05, 4.69) is 0 Å². The number of rotatable bonds is 18. The van der Waals surface area contributed by atoms with Crippen LogP contribution in [0.15, 0.2) is 0 Å². The van der Waals surface area contributed by atoms with E-state index in [1.807, 2.05) is 0 Å². The van der Waals surface area contributed by atoms with Gasteiger partial charge in [-0.15, -0.1) is 0 Å². The molecule has 10 unspecified atom stereocenters. The van der Waals surface area contributed by atoms with Crippen molar-refractivity contribution in [1.82, 2.24) is 0 Å². The highest BCUT2D eigenvalue weighted by molar-refractivity contribution is 5.84. The van der Waals surface area contributed by atoms with Gasteiger partial charge in [-0.2, -0.15) is 0 Å². The van der Waals surface area contributed by atoms with Crippen molar-refractivity contribution in [2.24, 2.45) is 0 Å². The number of hydrogen-bond acceptors (Lipinski definition) is 34. The zero-order chi connectivity index (χ0) is 54.1. The van der Waals surface area contributed by atoms with Crippen LogP contribution < -0.4 is 0 Å². The third kappa shape index (κ3) is 17.7. The third-order valence-electron chi connectivity index (χ3n) is 10.9. The molecule has 4 aliphatic rings. The number of hydrogen-bond donors (Lipinski definition) is 27. The minimum absolute atomic E-state index is 0.667. The minimum atomic E-state index is -1.86. The summed E-state index contributed by atoms with van der Waals surface area (Å²) in [5.41, 5.74) is 0. The monoisotopic (exact) mass is 1050 g/mol. The highest BCUT2D eigenvalue weighted by Gasteiger charge is 2.52. The van der Waals surface area contributed by atoms with E-state index in [9.17, 15) is 76.3 Å². The Morgan fingerprint density at radius 1 is 0.371 bits per heavy atom. The Morgan fingerprint density at radius 2 is 0.671 bits per heavy atom. The summed E-state index contributed by atoms with van der Waals surface area (Å²) in [6.07, 6.45) is -42.8. The third-order valence-corrected chi connectivity index (χ3v) is 10.9. The van der Waals surface area contributed by atoms with Gasteiger partial charge in [-0.1, -0.05) is 0 Å². The first-order valence-corrected chi connectivity index (χ1v) is 21.0. The van der Waals surface area contributed by atoms with Gasteiger partial charge in [-0.05, 0) is 0 Å². The van der Waals surface area contributed by atoms with Gasteiger partial charge >= 0.3 is 0 Å². The first-order valence-electron chi connectivity index (χ1n) is 21.0. The molecule has 0 aliphatic carbocycles. The molecule has 0 saturated carbocycles. The Labute approximate surface area is 395 Å². The van der Waals surface area contributed by atoms with Gasteiger partial charge in [0.1, 0.15) is 147 Å². The van der Waals surface area contributed by atoms with E-state index < -0.39 is 224 Å². The fourth-order valence-electron chi connectivity index (χ4n) is 6.41. The van der Waals surface area contributed by atoms with Gasteiger partial charge in [0.15, 0.2) is 30.9 Å². The molecular weight excluding hydrogens is 976 g/mol. The second-order valence-corrected chi connectivity index (χ2v) is 15.8. The maximum absolute atomic E-state index is 10.5. The molecule has 0 amide bonds. The van der Waals surface area contributed by atoms with E-state index in [0.29, 0.717) is 0 Å². The van der Waals surface area contributed by atoms with Crippen LogP contribution in [0, 0.1) is 0 Å². The first-order chi connectivity index (χ1) is 32.7. The Kier molecular flexibility index (Phi) is 30.3. The van der Waals surface area contributed by atoms with E-state index in [1.54, 1.807) is 0 Å². The molecule has 70 heavy (non-hydrogen) atoms. The van der Waals surface area contributed by atoms with E-state index >= 15 is 0 Å². The molecule has 0 radical (unpaired) electrons. The van der Waals surface area contributed by atoms with Gasteiger partial charge in [0.25, 0.3) is 0 Å². The fourth-order valence-corrected chi connectivity index (χ4v) is 6.41. The Bertz CT molecular complexity index is 1320. The summed E-state index contributed by atoms with van der Waals surface area (Å²) in [5.74, 6) is -1.00. The Morgan fingerprint density at radius 3 is 0.943 bits per heavy atom. The van der Waals surface area contributed by atoms with Crippen LogP contribution in [0.4, 0.5) is 0 Å². The summed E-state index contributed by atoms with van der Waals surface area (Å²) in [6.45, 7) is -5.83. The molecule has 34 nitrogen and oxygen atoms in total. The van der Waals surface area contributed by atoms with E-state index in [-0.39, 0.29) is 0 Å². The summed E-state index contributed by atoms with van der Waals surface area (Å²) >= 11 is 0. The maximum Gasteiger partial charge on any atom is 0.189 e. The molecular formula is C36H70O34. The lowest BCUT2D eigenvalue weighted by atomic mass is 9.97. The topological polar surface area (TPSA) is 619 Å². The van der Waals surface area contributed by atoms with Crippen molar-refractivity contribution in [3.8, 4) is 0 Å². The van der Waals surface area contributed by atoms with Crippen molar-refractivity contribution >= 4 is 5.78 Å². The van der Waals surface area contributed by atoms with Gasteiger partial charge < -0.3 is 166 Å². The van der Waals surface area contributed by atoms with Gasteiger partial charge in [-0.25, -0.2) is 0 Å². The van der Waals surface area contributed by atoms with Gasteiger partial charge in [0.2, 0.25) is 0 Å². The van der Waals surface area contributed by atoms with E-state index in [4.69, 9.17) is 94.8 Å². The van der Waals surface area contributed by atoms with Crippen LogP contribution in [0.25, 0.3) is 0 Å². The average molecular weight is 1050 g/mol. The molecule has 27 N–H and O–H groups in total. The SMILES string of the molecule is O=C(CO)[C@@H](O)[C@H](O)[C@H](O)CO.OCC1O[C@H](O[C@@H]2C(CO)OC(O)C(O)[C@H]2O)[C@@H](O)C(O)[C@@H]1O.OCC1O[C@H](O[C@@H]2C(CO)OC(O)C(O)[C@H]2O)[C@@H](O)C(O)[C@H]1O.OC[C@@H](O)[C@@H](O)[C@H](O)[C@@H](O)CO. The Balaban J connectivity index is 0.000000490. The highest BCUT2D eigenvalue weighted by atomic mass is 16.7. The predicted molar refractivity (Wildman–Crippen MR) is 213 cm³/mol. The lowest BCUT2D eigenvalue weighted by Gasteiger charge is -2.45. The standard InChI is InChI=1S/2C12H22O11.C6H14O6.C6H12O6/c2*13-1-3-5(15)6(16)9(19)12(22-3)23-10-4(2-14)21-11(20)8(18)7(10)17;2*7-1-3(9)5(11)6(12)4(10)2-8/h2*3-20H,1-2H2;3-12H,1-2H2;3,5-9,11-12H,1-2H2/t3?,4?,5-,6?,7+,8?,9-,10+,11?,12+;3?,4?,5-,6?,7-,8?,9+,10-,11?,12-;3-,4+,5-,6-;3-,5-,6-/m0111/s1. The van der Waals surface area contributed by atoms with Crippen LogP contribution in [0.3, 0.4) is 0 Å². The molecule has 4 saturated heterocycles. The van der Waals surface area contributed by atoms with Crippen LogP contribution >= 0.6 is 0 Å². The van der Waals surface area contributed by atoms with Crippen molar-refractivity contribution < 1.29 is 171 Å². The summed E-state index contributed by atoms with van der Waals surface area (Å²) in [4.78, 5) is 10.5. The zero-order valence-corrected chi connectivity index (χ0v) is 36.7. The van der Waals surface area contributed by atoms with Crippen molar-refractivity contribution in [1.29, 1.82) is 0 Å². The molecule has 4 fully saturated rings. The number of carbonyl (C=O) groups excluding carboxylic acids is 1. The molecule has 0 aromatic rings. The zero-order valence-electron chi connectivity index (χ0n) is 36.7.